The summed E-state index contributed by atoms with van der Waals surface area (Å²) in [5, 5.41) is 2.66. The predicted molar refractivity (Wildman–Crippen MR) is 104 cm³/mol. The fraction of sp³-hybridized carbons (Fsp3) is 0.368. The van der Waals surface area contributed by atoms with Crippen molar-refractivity contribution in [1.82, 2.24) is 10.9 Å². The molecule has 29 heavy (non-hydrogen) atoms. The number of carbonyl (C=O) groups is 4. The van der Waals surface area contributed by atoms with Gasteiger partial charge >= 0.3 is 18.0 Å². The van der Waals surface area contributed by atoms with E-state index >= 15 is 0 Å². The number of hydrogen-bond acceptors (Lipinski definition) is 8. The summed E-state index contributed by atoms with van der Waals surface area (Å²) in [7, 11) is 2.30. The molecular weight excluding hydrogens is 382 g/mol. The monoisotopic (exact) mass is 407 g/mol. The number of hydrazine groups is 1. The first-order valence-electron chi connectivity index (χ1n) is 8.75. The van der Waals surface area contributed by atoms with E-state index in [-0.39, 0.29) is 23.6 Å². The summed E-state index contributed by atoms with van der Waals surface area (Å²) in [5.41, 5.74) is 4.41. The summed E-state index contributed by atoms with van der Waals surface area (Å²) in [4.78, 5) is 47.4. The first kappa shape index (κ1) is 23.5. The summed E-state index contributed by atoms with van der Waals surface area (Å²) >= 11 is 0. The van der Waals surface area contributed by atoms with Gasteiger partial charge in [0.25, 0.3) is 5.91 Å². The third kappa shape index (κ3) is 8.33. The summed E-state index contributed by atoms with van der Waals surface area (Å²) < 4.78 is 14.0. The Labute approximate surface area is 168 Å². The fourth-order valence-electron chi connectivity index (χ4n) is 1.97. The zero-order chi connectivity index (χ0) is 21.8. The van der Waals surface area contributed by atoms with Crippen LogP contribution in [-0.4, -0.2) is 44.8 Å². The Bertz CT molecular complexity index is 775. The van der Waals surface area contributed by atoms with E-state index in [1.807, 2.05) is 13.8 Å². The number of rotatable bonds is 8. The van der Waals surface area contributed by atoms with Crippen LogP contribution in [0, 0.1) is 5.92 Å². The molecule has 0 atom stereocenters. The molecule has 0 unspecified atom stereocenters. The lowest BCUT2D eigenvalue weighted by molar-refractivity contribution is -0.138. The minimum absolute atomic E-state index is 0.0923. The number of nitrogens with one attached hydrogen (secondary N) is 3. The van der Waals surface area contributed by atoms with E-state index in [4.69, 9.17) is 4.74 Å². The van der Waals surface area contributed by atoms with Gasteiger partial charge in [0.05, 0.1) is 38.2 Å². The van der Waals surface area contributed by atoms with Crippen LogP contribution >= 0.6 is 0 Å². The van der Waals surface area contributed by atoms with Crippen LogP contribution < -0.4 is 16.2 Å². The smallest absolute Gasteiger partial charge is 0.426 e. The molecule has 10 nitrogen and oxygen atoms in total. The maximum Gasteiger partial charge on any atom is 0.426 e. The van der Waals surface area contributed by atoms with Gasteiger partial charge in [0.2, 0.25) is 0 Å². The largest absolute Gasteiger partial charge is 0.466 e. The van der Waals surface area contributed by atoms with Crippen LogP contribution in [0.3, 0.4) is 0 Å². The Balaban J connectivity index is 2.85. The summed E-state index contributed by atoms with van der Waals surface area (Å²) in [6.07, 6.45) is 0.784. The van der Waals surface area contributed by atoms with Crippen LogP contribution in [-0.2, 0) is 23.8 Å². The van der Waals surface area contributed by atoms with Crippen molar-refractivity contribution in [3.8, 4) is 0 Å². The van der Waals surface area contributed by atoms with Crippen molar-refractivity contribution in [1.29, 1.82) is 0 Å². The van der Waals surface area contributed by atoms with E-state index in [2.05, 4.69) is 25.6 Å². The Morgan fingerprint density at radius 2 is 1.72 bits per heavy atom. The molecule has 3 N–H and O–H groups in total. The number of amides is 2. The van der Waals surface area contributed by atoms with Gasteiger partial charge in [-0.1, -0.05) is 26.0 Å². The molecule has 1 aromatic carbocycles. The van der Waals surface area contributed by atoms with Crippen molar-refractivity contribution >= 4 is 29.6 Å². The molecule has 0 aliphatic rings. The van der Waals surface area contributed by atoms with Gasteiger partial charge in [-0.15, -0.1) is 0 Å². The second kappa shape index (κ2) is 12.0. The van der Waals surface area contributed by atoms with Gasteiger partial charge < -0.3 is 19.5 Å². The van der Waals surface area contributed by atoms with E-state index in [0.717, 1.165) is 20.3 Å². The van der Waals surface area contributed by atoms with Crippen molar-refractivity contribution in [3.63, 3.8) is 0 Å². The van der Waals surface area contributed by atoms with E-state index in [9.17, 15) is 19.2 Å². The van der Waals surface area contributed by atoms with E-state index < -0.39 is 23.9 Å². The lowest BCUT2D eigenvalue weighted by Crippen LogP contribution is -2.42. The van der Waals surface area contributed by atoms with Gasteiger partial charge in [-0.3, -0.25) is 10.2 Å². The summed E-state index contributed by atoms with van der Waals surface area (Å²) in [5.74, 6) is -1.92. The molecule has 0 heterocycles. The maximum absolute atomic E-state index is 12.4. The Morgan fingerprint density at radius 1 is 1.03 bits per heavy atom. The fourth-order valence-corrected chi connectivity index (χ4v) is 1.97. The quantitative estimate of drug-likeness (QED) is 0.257. The predicted octanol–water partition coefficient (Wildman–Crippen LogP) is 1.75. The minimum atomic E-state index is -0.836. The lowest BCUT2D eigenvalue weighted by Gasteiger charge is -2.14. The topological polar surface area (TPSA) is 132 Å². The van der Waals surface area contributed by atoms with Crippen LogP contribution in [0.15, 0.2) is 36.0 Å². The van der Waals surface area contributed by atoms with Crippen molar-refractivity contribution < 1.29 is 33.4 Å². The molecule has 2 amide bonds. The highest BCUT2D eigenvalue weighted by molar-refractivity contribution is 6.03. The molecule has 0 fully saturated rings. The molecule has 158 valence electrons. The molecule has 0 saturated heterocycles. The zero-order valence-corrected chi connectivity index (χ0v) is 16.7. The highest BCUT2D eigenvalue weighted by Crippen LogP contribution is 2.17. The second-order valence-electron chi connectivity index (χ2n) is 6.14. The Kier molecular flexibility index (Phi) is 9.72. The molecule has 1 aromatic rings. The SMILES string of the molecule is COC(=O)/C=C(/Nc1ccccc1C(=O)NNC(=O)OCCC(C)C)C(=O)OC. The number of esters is 2. The minimum Gasteiger partial charge on any atom is -0.466 e. The molecule has 10 heteroatoms. The normalized spacial score (nSPS) is 10.7. The molecule has 1 rings (SSSR count). The van der Waals surface area contributed by atoms with Crippen LogP contribution in [0.2, 0.25) is 0 Å². The first-order valence-corrected chi connectivity index (χ1v) is 8.75. The lowest BCUT2D eigenvalue weighted by atomic mass is 10.1. The van der Waals surface area contributed by atoms with Crippen LogP contribution in [0.4, 0.5) is 10.5 Å². The molecule has 0 aliphatic carbocycles. The highest BCUT2D eigenvalue weighted by atomic mass is 16.6. The van der Waals surface area contributed by atoms with Crippen molar-refractivity contribution in [2.45, 2.75) is 20.3 Å². The number of anilines is 1. The van der Waals surface area contributed by atoms with Crippen molar-refractivity contribution in [2.75, 3.05) is 26.1 Å². The van der Waals surface area contributed by atoms with Gasteiger partial charge in [-0.25, -0.2) is 19.8 Å². The van der Waals surface area contributed by atoms with E-state index in [0.29, 0.717) is 12.3 Å². The molecular formula is C19H25N3O7. The number of benzene rings is 1. The Hall–Kier alpha value is -3.56. The number of hydrogen-bond donors (Lipinski definition) is 3. The molecule has 0 aromatic heterocycles. The van der Waals surface area contributed by atoms with E-state index in [1.165, 1.54) is 12.1 Å². The molecule has 0 bridgehead atoms. The van der Waals surface area contributed by atoms with Gasteiger partial charge in [0.15, 0.2) is 0 Å². The van der Waals surface area contributed by atoms with Crippen LogP contribution in [0.25, 0.3) is 0 Å². The average Bonchev–Trinajstić information content (AvgIpc) is 2.70. The van der Waals surface area contributed by atoms with Crippen molar-refractivity contribution in [2.24, 2.45) is 5.92 Å². The second-order valence-corrected chi connectivity index (χ2v) is 6.14. The third-order valence-electron chi connectivity index (χ3n) is 3.52. The van der Waals surface area contributed by atoms with Crippen LogP contribution in [0.5, 0.6) is 0 Å². The van der Waals surface area contributed by atoms with Crippen molar-refractivity contribution in [3.05, 3.63) is 41.6 Å². The maximum atomic E-state index is 12.4. The van der Waals surface area contributed by atoms with Gasteiger partial charge in [-0.2, -0.15) is 0 Å². The summed E-state index contributed by atoms with van der Waals surface area (Å²) in [6, 6.07) is 6.16. The van der Waals surface area contributed by atoms with E-state index in [1.54, 1.807) is 12.1 Å². The molecule has 0 radical (unpaired) electrons. The van der Waals surface area contributed by atoms with Gasteiger partial charge in [0.1, 0.15) is 5.70 Å². The van der Waals surface area contributed by atoms with Gasteiger partial charge in [-0.05, 0) is 24.5 Å². The molecule has 0 saturated carbocycles. The Morgan fingerprint density at radius 3 is 2.34 bits per heavy atom. The highest BCUT2D eigenvalue weighted by Gasteiger charge is 2.17. The number of para-hydroxylation sites is 1. The average molecular weight is 407 g/mol. The molecule has 0 spiro atoms. The number of ether oxygens (including phenoxy) is 3. The number of methoxy groups -OCH3 is 2. The van der Waals surface area contributed by atoms with Crippen LogP contribution in [0.1, 0.15) is 30.6 Å². The standard InChI is InChI=1S/C19H25N3O7/c1-12(2)9-10-29-19(26)22-21-17(24)13-7-5-6-8-14(13)20-15(18(25)28-4)11-16(23)27-3/h5-8,11-12,20H,9-10H2,1-4H3,(H,21,24)(H,22,26)/b15-11+. The third-order valence-corrected chi connectivity index (χ3v) is 3.52. The number of carbonyl (C=O) groups excluding carboxylic acids is 4. The zero-order valence-electron chi connectivity index (χ0n) is 16.7. The summed E-state index contributed by atoms with van der Waals surface area (Å²) in [6.45, 7) is 4.20. The van der Waals surface area contributed by atoms with Gasteiger partial charge in [0, 0.05) is 0 Å². The first-order chi connectivity index (χ1) is 13.8. The molecule has 0 aliphatic heterocycles.